The van der Waals surface area contributed by atoms with Crippen LogP contribution in [0.2, 0.25) is 0 Å². The lowest BCUT2D eigenvalue weighted by atomic mass is 10.2. The Morgan fingerprint density at radius 2 is 1.83 bits per heavy atom. The molecule has 0 bridgehead atoms. The van der Waals surface area contributed by atoms with E-state index in [0.29, 0.717) is 41.9 Å². The van der Waals surface area contributed by atoms with Crippen LogP contribution < -0.4 is 24.8 Å². The summed E-state index contributed by atoms with van der Waals surface area (Å²) in [6.07, 6.45) is -3.94. The van der Waals surface area contributed by atoms with Crippen LogP contribution in [-0.4, -0.2) is 32.6 Å². The molecule has 2 N–H and O–H groups in total. The summed E-state index contributed by atoms with van der Waals surface area (Å²) in [7, 11) is 1.57. The van der Waals surface area contributed by atoms with Gasteiger partial charge in [-0.15, -0.1) is 37.1 Å². The van der Waals surface area contributed by atoms with Gasteiger partial charge in [-0.05, 0) is 18.2 Å². The number of fused-ring (bicyclic) bond motifs is 1. The van der Waals surface area contributed by atoms with Gasteiger partial charge in [0.25, 0.3) is 0 Å². The third-order valence-electron chi connectivity index (χ3n) is 3.88. The molecule has 158 valence electrons. The number of nitrogens with one attached hydrogen (secondary N) is 2. The topological polar surface area (TPSA) is 64.1 Å². The Kier molecular flexibility index (Phi) is 8.23. The van der Waals surface area contributed by atoms with E-state index in [1.165, 1.54) is 12.1 Å². The largest absolute Gasteiger partial charge is 0.573 e. The molecule has 0 saturated carbocycles. The number of hydrogen-bond donors (Lipinski definition) is 2. The minimum atomic E-state index is -4.75. The number of ether oxygens (including phenoxy) is 3. The van der Waals surface area contributed by atoms with Crippen molar-refractivity contribution < 1.29 is 27.4 Å². The summed E-state index contributed by atoms with van der Waals surface area (Å²) in [5.74, 6) is 1.43. The van der Waals surface area contributed by atoms with E-state index < -0.39 is 6.36 Å². The molecule has 29 heavy (non-hydrogen) atoms. The molecule has 0 spiro atoms. The predicted octanol–water partition coefficient (Wildman–Crippen LogP) is 4.55. The first-order valence-corrected chi connectivity index (χ1v) is 8.65. The van der Waals surface area contributed by atoms with Crippen LogP contribution in [0.4, 0.5) is 18.9 Å². The number of nitrogens with zero attached hydrogens (tertiary/aromatic N) is 1. The molecule has 3 rings (SSSR count). The number of anilines is 1. The number of guanidine groups is 1. The Labute approximate surface area is 183 Å². The van der Waals surface area contributed by atoms with Crippen LogP contribution in [-0.2, 0) is 6.54 Å². The molecule has 0 fully saturated rings. The summed E-state index contributed by atoms with van der Waals surface area (Å²) in [5.41, 5.74) is 1.05. The second kappa shape index (κ2) is 10.4. The molecule has 2 aromatic rings. The SMILES string of the molecule is CN=C(NCc1ccccc1OC(F)(F)F)Nc1ccc2c(c1)OCCCO2.I. The Morgan fingerprint density at radius 1 is 1.10 bits per heavy atom. The van der Waals surface area contributed by atoms with Gasteiger partial charge < -0.3 is 24.8 Å². The van der Waals surface area contributed by atoms with Crippen LogP contribution in [0, 0.1) is 0 Å². The fourth-order valence-electron chi connectivity index (χ4n) is 2.61. The third-order valence-corrected chi connectivity index (χ3v) is 3.88. The average molecular weight is 523 g/mol. The fourth-order valence-corrected chi connectivity index (χ4v) is 2.61. The summed E-state index contributed by atoms with van der Waals surface area (Å²) in [5, 5.41) is 6.05. The van der Waals surface area contributed by atoms with E-state index in [9.17, 15) is 13.2 Å². The predicted molar refractivity (Wildman–Crippen MR) is 114 cm³/mol. The lowest BCUT2D eigenvalue weighted by Crippen LogP contribution is -2.30. The average Bonchev–Trinajstić information content (AvgIpc) is 2.90. The summed E-state index contributed by atoms with van der Waals surface area (Å²) in [4.78, 5) is 4.09. The lowest BCUT2D eigenvalue weighted by molar-refractivity contribution is -0.274. The molecule has 1 heterocycles. The Morgan fingerprint density at radius 3 is 2.55 bits per heavy atom. The van der Waals surface area contributed by atoms with E-state index in [4.69, 9.17) is 9.47 Å². The van der Waals surface area contributed by atoms with E-state index in [-0.39, 0.29) is 36.3 Å². The zero-order valence-electron chi connectivity index (χ0n) is 15.6. The molecule has 10 heteroatoms. The number of para-hydroxylation sites is 1. The van der Waals surface area contributed by atoms with Crippen molar-refractivity contribution in [1.29, 1.82) is 0 Å². The minimum absolute atomic E-state index is 0. The number of hydrogen-bond acceptors (Lipinski definition) is 4. The van der Waals surface area contributed by atoms with Crippen molar-refractivity contribution in [2.45, 2.75) is 19.3 Å². The number of aliphatic imine (C=N–C) groups is 1. The van der Waals surface area contributed by atoms with Gasteiger partial charge in [-0.3, -0.25) is 4.99 Å². The molecule has 0 radical (unpaired) electrons. The molecule has 6 nitrogen and oxygen atoms in total. The molecule has 1 aliphatic rings. The van der Waals surface area contributed by atoms with Gasteiger partial charge in [-0.25, -0.2) is 0 Å². The van der Waals surface area contributed by atoms with Gasteiger partial charge in [0.15, 0.2) is 17.5 Å². The molecule has 0 saturated heterocycles. The van der Waals surface area contributed by atoms with Gasteiger partial charge in [0.1, 0.15) is 5.75 Å². The van der Waals surface area contributed by atoms with Crippen LogP contribution >= 0.6 is 24.0 Å². The van der Waals surface area contributed by atoms with Crippen LogP contribution in [0.3, 0.4) is 0 Å². The summed E-state index contributed by atoms with van der Waals surface area (Å²) < 4.78 is 52.9. The molecule has 0 aliphatic carbocycles. The number of alkyl halides is 3. The van der Waals surface area contributed by atoms with Crippen molar-refractivity contribution in [2.75, 3.05) is 25.6 Å². The second-order valence-corrected chi connectivity index (χ2v) is 5.92. The summed E-state index contributed by atoms with van der Waals surface area (Å²) in [6.45, 7) is 1.26. The van der Waals surface area contributed by atoms with E-state index in [1.54, 1.807) is 37.4 Å². The highest BCUT2D eigenvalue weighted by Crippen LogP contribution is 2.32. The molecule has 0 unspecified atom stereocenters. The van der Waals surface area contributed by atoms with Gasteiger partial charge in [0.2, 0.25) is 0 Å². The van der Waals surface area contributed by atoms with Gasteiger partial charge in [-0.2, -0.15) is 0 Å². The summed E-state index contributed by atoms with van der Waals surface area (Å²) >= 11 is 0. The number of halogens is 4. The van der Waals surface area contributed by atoms with Crippen molar-refractivity contribution in [3.8, 4) is 17.2 Å². The smallest absolute Gasteiger partial charge is 0.490 e. The summed E-state index contributed by atoms with van der Waals surface area (Å²) in [6, 6.07) is 11.3. The lowest BCUT2D eigenvalue weighted by Gasteiger charge is -2.16. The Bertz CT molecular complexity index is 847. The maximum Gasteiger partial charge on any atom is 0.573 e. The monoisotopic (exact) mass is 523 g/mol. The second-order valence-electron chi connectivity index (χ2n) is 5.92. The van der Waals surface area contributed by atoms with Gasteiger partial charge >= 0.3 is 6.36 Å². The molecule has 1 aliphatic heterocycles. The van der Waals surface area contributed by atoms with E-state index in [0.717, 1.165) is 6.42 Å². The van der Waals surface area contributed by atoms with Crippen LogP contribution in [0.1, 0.15) is 12.0 Å². The van der Waals surface area contributed by atoms with E-state index in [2.05, 4.69) is 20.4 Å². The number of benzene rings is 2. The van der Waals surface area contributed by atoms with Gasteiger partial charge in [-0.1, -0.05) is 18.2 Å². The van der Waals surface area contributed by atoms with Crippen LogP contribution in [0.5, 0.6) is 17.2 Å². The van der Waals surface area contributed by atoms with Gasteiger partial charge in [0.05, 0.1) is 13.2 Å². The highest BCUT2D eigenvalue weighted by atomic mass is 127. The molecule has 2 aromatic carbocycles. The van der Waals surface area contributed by atoms with E-state index in [1.807, 2.05) is 0 Å². The van der Waals surface area contributed by atoms with Crippen molar-refractivity contribution in [1.82, 2.24) is 5.32 Å². The zero-order valence-corrected chi connectivity index (χ0v) is 17.9. The molecular formula is C19H21F3IN3O3. The molecule has 0 amide bonds. The maximum atomic E-state index is 12.5. The zero-order chi connectivity index (χ0) is 20.0. The first kappa shape index (κ1) is 22.9. The van der Waals surface area contributed by atoms with Crippen LogP contribution in [0.25, 0.3) is 0 Å². The highest BCUT2D eigenvalue weighted by Gasteiger charge is 2.31. The van der Waals surface area contributed by atoms with Crippen molar-refractivity contribution in [3.63, 3.8) is 0 Å². The van der Waals surface area contributed by atoms with Crippen molar-refractivity contribution in [3.05, 3.63) is 48.0 Å². The first-order chi connectivity index (χ1) is 13.4. The molecular weight excluding hydrogens is 502 g/mol. The van der Waals surface area contributed by atoms with E-state index >= 15 is 0 Å². The van der Waals surface area contributed by atoms with Crippen LogP contribution in [0.15, 0.2) is 47.5 Å². The highest BCUT2D eigenvalue weighted by molar-refractivity contribution is 14.0. The first-order valence-electron chi connectivity index (χ1n) is 8.65. The van der Waals surface area contributed by atoms with Gasteiger partial charge in [0, 0.05) is 37.3 Å². The maximum absolute atomic E-state index is 12.5. The Balaban J connectivity index is 0.00000300. The molecule has 0 aromatic heterocycles. The van der Waals surface area contributed by atoms with Crippen molar-refractivity contribution in [2.24, 2.45) is 4.99 Å². The Hall–Kier alpha value is -2.37. The standard InChI is InChI=1S/C19H20F3N3O3.HI/c1-23-18(24-12-13-5-2-3-6-15(13)28-19(20,21)22)25-14-7-8-16-17(11-14)27-10-4-9-26-16;/h2-3,5-8,11H,4,9-10,12H2,1H3,(H2,23,24,25);1H. The fraction of sp³-hybridized carbons (Fsp3) is 0.316. The quantitative estimate of drug-likeness (QED) is 0.350. The normalized spacial score (nSPS) is 13.7. The third kappa shape index (κ3) is 6.87. The van der Waals surface area contributed by atoms with Crippen molar-refractivity contribution >= 4 is 35.6 Å². The number of rotatable bonds is 4. The minimum Gasteiger partial charge on any atom is -0.490 e. The molecule has 0 atom stereocenters.